The van der Waals surface area contributed by atoms with E-state index in [0.29, 0.717) is 42.4 Å². The number of ether oxygens (including phenoxy) is 1. The van der Waals surface area contributed by atoms with Crippen LogP contribution in [-0.2, 0) is 4.74 Å². The number of nitrogens with one attached hydrogen (secondary N) is 2. The Morgan fingerprint density at radius 1 is 1.26 bits per heavy atom. The van der Waals surface area contributed by atoms with Gasteiger partial charge >= 0.3 is 0 Å². The number of hydrogen-bond acceptors (Lipinski definition) is 8. The van der Waals surface area contributed by atoms with Crippen LogP contribution < -0.4 is 16.4 Å². The van der Waals surface area contributed by atoms with Gasteiger partial charge in [-0.1, -0.05) is 0 Å². The van der Waals surface area contributed by atoms with Crippen molar-refractivity contribution in [1.29, 1.82) is 10.8 Å². The number of morpholine rings is 1. The molecule has 3 rings (SSSR count). The van der Waals surface area contributed by atoms with Gasteiger partial charge in [-0.2, -0.15) is 0 Å². The molecule has 1 aliphatic heterocycles. The quantitative estimate of drug-likeness (QED) is 0.596. The second kappa shape index (κ2) is 7.96. The molecular weight excluding hydrogens is 342 g/mol. The van der Waals surface area contributed by atoms with E-state index in [0.717, 1.165) is 29.2 Å². The summed E-state index contributed by atoms with van der Waals surface area (Å²) >= 11 is 0. The zero-order valence-electron chi connectivity index (χ0n) is 15.1. The maximum Gasteiger partial charge on any atom is 0.130 e. The molecule has 1 fully saturated rings. The molecule has 0 aromatic carbocycles. The Bertz CT molecular complexity index is 935. The van der Waals surface area contributed by atoms with Crippen LogP contribution in [-0.4, -0.2) is 48.2 Å². The fourth-order valence-electron chi connectivity index (χ4n) is 3.15. The van der Waals surface area contributed by atoms with Gasteiger partial charge < -0.3 is 31.9 Å². The lowest BCUT2D eigenvalue weighted by molar-refractivity contribution is 0.0985. The second-order valence-corrected chi connectivity index (χ2v) is 6.28. The van der Waals surface area contributed by atoms with E-state index in [2.05, 4.69) is 16.8 Å². The number of nitrogens with zero attached hydrogens (tertiary/aromatic N) is 3. The molecule has 8 heteroatoms. The zero-order chi connectivity index (χ0) is 19.4. The number of allylic oxidation sites excluding steroid dienone is 2. The summed E-state index contributed by atoms with van der Waals surface area (Å²) in [5.74, 6) is 0.756. The first-order chi connectivity index (χ1) is 13.1. The van der Waals surface area contributed by atoms with Gasteiger partial charge in [0.05, 0.1) is 25.0 Å². The molecule has 2 aromatic rings. The summed E-state index contributed by atoms with van der Waals surface area (Å²) in [6, 6.07) is 3.93. The van der Waals surface area contributed by atoms with Crippen molar-refractivity contribution in [2.45, 2.75) is 13.0 Å². The maximum absolute atomic E-state index is 7.35. The summed E-state index contributed by atoms with van der Waals surface area (Å²) in [6.45, 7) is 4.04. The summed E-state index contributed by atoms with van der Waals surface area (Å²) in [5, 5.41) is 15.4. The number of nitrogens with two attached hydrogens (primary N) is 2. The van der Waals surface area contributed by atoms with Crippen molar-refractivity contribution < 1.29 is 4.74 Å². The van der Waals surface area contributed by atoms with Crippen LogP contribution in [0, 0.1) is 10.8 Å². The summed E-state index contributed by atoms with van der Waals surface area (Å²) in [7, 11) is 0. The van der Waals surface area contributed by atoms with Gasteiger partial charge in [0.2, 0.25) is 0 Å². The zero-order valence-corrected chi connectivity index (χ0v) is 15.1. The standard InChI is InChI=1S/C19H23N7O/c1-12-11-27-9-8-26(12)17-10-14(15(22)2-5-20)13-4-7-24-19(18(13)25-17)16(23)3-6-21/h2-7,10,12,20-21H,8-9,11,22-23H2,1H3/b15-2-,16-3-,20-5?,21-6?. The average Bonchev–Trinajstić information content (AvgIpc) is 2.67. The van der Waals surface area contributed by atoms with E-state index in [-0.39, 0.29) is 6.04 Å². The molecule has 1 unspecified atom stereocenters. The lowest BCUT2D eigenvalue weighted by Gasteiger charge is -2.34. The van der Waals surface area contributed by atoms with Gasteiger partial charge in [0.25, 0.3) is 0 Å². The first-order valence-electron chi connectivity index (χ1n) is 8.64. The molecule has 0 amide bonds. The lowest BCUT2D eigenvalue weighted by atomic mass is 10.0. The van der Waals surface area contributed by atoms with E-state index in [1.54, 1.807) is 6.20 Å². The molecule has 2 aromatic heterocycles. The van der Waals surface area contributed by atoms with Crippen LogP contribution in [0.2, 0.25) is 0 Å². The Balaban J connectivity index is 2.30. The molecule has 1 saturated heterocycles. The van der Waals surface area contributed by atoms with Gasteiger partial charge in [-0.05, 0) is 31.2 Å². The topological polar surface area (TPSA) is 138 Å². The fourth-order valence-corrected chi connectivity index (χ4v) is 3.15. The average molecular weight is 365 g/mol. The number of rotatable bonds is 5. The summed E-state index contributed by atoms with van der Waals surface area (Å²) in [5.41, 5.74) is 15.0. The van der Waals surface area contributed by atoms with E-state index in [1.165, 1.54) is 12.2 Å². The molecule has 27 heavy (non-hydrogen) atoms. The smallest absolute Gasteiger partial charge is 0.130 e. The lowest BCUT2D eigenvalue weighted by Crippen LogP contribution is -2.44. The molecule has 0 saturated carbocycles. The third-order valence-corrected chi connectivity index (χ3v) is 4.49. The normalized spacial score (nSPS) is 18.6. The Morgan fingerprint density at radius 2 is 2.00 bits per heavy atom. The highest BCUT2D eigenvalue weighted by Gasteiger charge is 2.23. The highest BCUT2D eigenvalue weighted by Crippen LogP contribution is 2.30. The van der Waals surface area contributed by atoms with Crippen molar-refractivity contribution >= 4 is 40.5 Å². The predicted octanol–water partition coefficient (Wildman–Crippen LogP) is 1.75. The van der Waals surface area contributed by atoms with Crippen LogP contribution in [0.1, 0.15) is 18.2 Å². The van der Waals surface area contributed by atoms with Gasteiger partial charge in [0.15, 0.2) is 0 Å². The molecule has 1 aliphatic rings. The van der Waals surface area contributed by atoms with Crippen LogP contribution in [0.5, 0.6) is 0 Å². The third-order valence-electron chi connectivity index (χ3n) is 4.49. The minimum Gasteiger partial charge on any atom is -0.398 e. The van der Waals surface area contributed by atoms with Crippen molar-refractivity contribution in [1.82, 2.24) is 9.97 Å². The Labute approximate surface area is 157 Å². The van der Waals surface area contributed by atoms with Crippen LogP contribution in [0.15, 0.2) is 30.5 Å². The van der Waals surface area contributed by atoms with Gasteiger partial charge in [0, 0.05) is 41.8 Å². The van der Waals surface area contributed by atoms with E-state index >= 15 is 0 Å². The highest BCUT2D eigenvalue weighted by molar-refractivity contribution is 6.00. The van der Waals surface area contributed by atoms with E-state index < -0.39 is 0 Å². The molecule has 1 atom stereocenters. The van der Waals surface area contributed by atoms with Crippen LogP contribution >= 0.6 is 0 Å². The predicted molar refractivity (Wildman–Crippen MR) is 109 cm³/mol. The molecule has 0 spiro atoms. The van der Waals surface area contributed by atoms with E-state index in [1.807, 2.05) is 12.1 Å². The van der Waals surface area contributed by atoms with Gasteiger partial charge in [0.1, 0.15) is 17.0 Å². The third kappa shape index (κ3) is 3.65. The largest absolute Gasteiger partial charge is 0.398 e. The van der Waals surface area contributed by atoms with Crippen molar-refractivity contribution in [3.63, 3.8) is 0 Å². The molecule has 6 N–H and O–H groups in total. The Kier molecular flexibility index (Phi) is 5.46. The van der Waals surface area contributed by atoms with Crippen molar-refractivity contribution in [2.24, 2.45) is 11.5 Å². The highest BCUT2D eigenvalue weighted by atomic mass is 16.5. The first-order valence-corrected chi connectivity index (χ1v) is 8.64. The first kappa shape index (κ1) is 18.5. The van der Waals surface area contributed by atoms with Gasteiger partial charge in [-0.25, -0.2) is 4.98 Å². The summed E-state index contributed by atoms with van der Waals surface area (Å²) < 4.78 is 5.53. The van der Waals surface area contributed by atoms with Crippen molar-refractivity contribution in [3.05, 3.63) is 41.7 Å². The monoisotopic (exact) mass is 365 g/mol. The number of hydrogen-bond donors (Lipinski definition) is 4. The number of aromatic nitrogens is 2. The number of pyridine rings is 2. The Morgan fingerprint density at radius 3 is 2.70 bits per heavy atom. The van der Waals surface area contributed by atoms with Crippen molar-refractivity contribution in [2.75, 3.05) is 24.7 Å². The number of fused-ring (bicyclic) bond motifs is 1. The van der Waals surface area contributed by atoms with Crippen LogP contribution in [0.4, 0.5) is 5.82 Å². The molecule has 8 nitrogen and oxygen atoms in total. The molecule has 0 bridgehead atoms. The Hall–Kier alpha value is -3.26. The SMILES string of the molecule is CC1COCCN1c1cc(/C(N)=C/C=N)c2ccnc(/C(N)=C/C=N)c2n1. The van der Waals surface area contributed by atoms with Crippen molar-refractivity contribution in [3.8, 4) is 0 Å². The van der Waals surface area contributed by atoms with E-state index in [4.69, 9.17) is 32.0 Å². The fraction of sp³-hybridized carbons (Fsp3) is 0.263. The van der Waals surface area contributed by atoms with Gasteiger partial charge in [-0.3, -0.25) is 4.98 Å². The molecule has 3 heterocycles. The molecule has 0 aliphatic carbocycles. The van der Waals surface area contributed by atoms with E-state index in [9.17, 15) is 0 Å². The van der Waals surface area contributed by atoms with Crippen LogP contribution in [0.25, 0.3) is 22.3 Å². The molecule has 0 radical (unpaired) electrons. The summed E-state index contributed by atoms with van der Waals surface area (Å²) in [6.07, 6.45) is 6.93. The minimum absolute atomic E-state index is 0.166. The second-order valence-electron chi connectivity index (χ2n) is 6.28. The number of anilines is 1. The molecular formula is C19H23N7O. The van der Waals surface area contributed by atoms with Gasteiger partial charge in [-0.15, -0.1) is 0 Å². The molecule has 140 valence electrons. The van der Waals surface area contributed by atoms with Crippen LogP contribution in [0.3, 0.4) is 0 Å². The summed E-state index contributed by atoms with van der Waals surface area (Å²) in [4.78, 5) is 11.4. The maximum atomic E-state index is 7.35. The minimum atomic E-state index is 0.166.